The molecular formula is C16H30N2. The third-order valence-corrected chi connectivity index (χ3v) is 6.17. The van der Waals surface area contributed by atoms with Crippen molar-refractivity contribution in [2.75, 3.05) is 7.05 Å². The van der Waals surface area contributed by atoms with Crippen LogP contribution in [0.4, 0.5) is 0 Å². The number of hydrogen-bond acceptors (Lipinski definition) is 2. The van der Waals surface area contributed by atoms with E-state index in [0.717, 1.165) is 36.0 Å². The largest absolute Gasteiger partial charge is 0.311 e. The molecule has 0 spiro atoms. The lowest BCUT2D eigenvalue weighted by Crippen LogP contribution is -2.51. The Bertz CT molecular complexity index is 279. The van der Waals surface area contributed by atoms with Crippen molar-refractivity contribution in [3.05, 3.63) is 0 Å². The SMILES string of the molecule is CC1CCC(N(C)C2CC3CCC(C2)N3)CC1C. The van der Waals surface area contributed by atoms with Crippen LogP contribution >= 0.6 is 0 Å². The van der Waals surface area contributed by atoms with Gasteiger partial charge in [0, 0.05) is 24.2 Å². The van der Waals surface area contributed by atoms with Crippen molar-refractivity contribution in [3.8, 4) is 0 Å². The summed E-state index contributed by atoms with van der Waals surface area (Å²) in [6.45, 7) is 4.89. The molecule has 1 N–H and O–H groups in total. The summed E-state index contributed by atoms with van der Waals surface area (Å²) in [6.07, 6.45) is 9.94. The second kappa shape index (κ2) is 5.13. The molecule has 3 aliphatic rings. The maximum atomic E-state index is 3.77. The van der Waals surface area contributed by atoms with Gasteiger partial charge in [-0.15, -0.1) is 0 Å². The van der Waals surface area contributed by atoms with E-state index in [-0.39, 0.29) is 0 Å². The standard InChI is InChI=1S/C16H30N2/c1-11-4-7-15(8-12(11)2)18(3)16-9-13-5-6-14(10-16)17-13/h11-17H,4-10H2,1-3H3. The highest BCUT2D eigenvalue weighted by Crippen LogP contribution is 2.35. The minimum absolute atomic E-state index is 0.830. The Hall–Kier alpha value is -0.0800. The average molecular weight is 250 g/mol. The smallest absolute Gasteiger partial charge is 0.0125 e. The summed E-state index contributed by atoms with van der Waals surface area (Å²) < 4.78 is 0. The Morgan fingerprint density at radius 1 is 0.778 bits per heavy atom. The highest BCUT2D eigenvalue weighted by atomic mass is 15.2. The Morgan fingerprint density at radius 3 is 2.06 bits per heavy atom. The summed E-state index contributed by atoms with van der Waals surface area (Å²) in [5.74, 6) is 1.86. The van der Waals surface area contributed by atoms with Gasteiger partial charge in [0.25, 0.3) is 0 Å². The van der Waals surface area contributed by atoms with Crippen LogP contribution in [0.5, 0.6) is 0 Å². The molecule has 1 aliphatic carbocycles. The summed E-state index contributed by atoms with van der Waals surface area (Å²) in [7, 11) is 2.41. The lowest BCUT2D eigenvalue weighted by Gasteiger charge is -2.43. The van der Waals surface area contributed by atoms with Crippen LogP contribution < -0.4 is 5.32 Å². The Labute approximate surface area is 113 Å². The molecule has 0 radical (unpaired) electrons. The fourth-order valence-electron chi connectivity index (χ4n) is 4.55. The summed E-state index contributed by atoms with van der Waals surface area (Å²) in [6, 6.07) is 3.38. The Balaban J connectivity index is 1.59. The average Bonchev–Trinajstić information content (AvgIpc) is 2.71. The molecule has 2 heteroatoms. The summed E-state index contributed by atoms with van der Waals surface area (Å²) in [5.41, 5.74) is 0. The van der Waals surface area contributed by atoms with E-state index >= 15 is 0 Å². The van der Waals surface area contributed by atoms with Crippen molar-refractivity contribution in [2.45, 2.75) is 83.0 Å². The molecule has 2 bridgehead atoms. The first-order valence-electron chi connectivity index (χ1n) is 8.11. The molecule has 2 aliphatic heterocycles. The van der Waals surface area contributed by atoms with Gasteiger partial charge in [0.1, 0.15) is 0 Å². The van der Waals surface area contributed by atoms with Gasteiger partial charge in [0.05, 0.1) is 0 Å². The van der Waals surface area contributed by atoms with Crippen molar-refractivity contribution >= 4 is 0 Å². The van der Waals surface area contributed by atoms with Crippen molar-refractivity contribution in [2.24, 2.45) is 11.8 Å². The van der Waals surface area contributed by atoms with E-state index in [1.54, 1.807) is 0 Å². The minimum Gasteiger partial charge on any atom is -0.311 e. The van der Waals surface area contributed by atoms with Gasteiger partial charge in [-0.3, -0.25) is 0 Å². The first-order chi connectivity index (χ1) is 8.63. The summed E-state index contributed by atoms with van der Waals surface area (Å²) in [5, 5.41) is 3.77. The van der Waals surface area contributed by atoms with Gasteiger partial charge in [-0.2, -0.15) is 0 Å². The van der Waals surface area contributed by atoms with Gasteiger partial charge in [0.2, 0.25) is 0 Å². The molecular weight excluding hydrogens is 220 g/mol. The number of fused-ring (bicyclic) bond motifs is 2. The molecule has 5 unspecified atom stereocenters. The molecule has 2 saturated heterocycles. The zero-order valence-electron chi connectivity index (χ0n) is 12.4. The Morgan fingerprint density at radius 2 is 1.44 bits per heavy atom. The molecule has 0 aromatic heterocycles. The molecule has 104 valence electrons. The monoisotopic (exact) mass is 250 g/mol. The predicted molar refractivity (Wildman–Crippen MR) is 76.7 cm³/mol. The van der Waals surface area contributed by atoms with E-state index in [9.17, 15) is 0 Å². The predicted octanol–water partition coefficient (Wildman–Crippen LogP) is 3.03. The minimum atomic E-state index is 0.830. The van der Waals surface area contributed by atoms with Crippen molar-refractivity contribution < 1.29 is 0 Å². The quantitative estimate of drug-likeness (QED) is 0.810. The summed E-state index contributed by atoms with van der Waals surface area (Å²) >= 11 is 0. The van der Waals surface area contributed by atoms with E-state index in [4.69, 9.17) is 0 Å². The molecule has 3 rings (SSSR count). The number of piperidine rings is 1. The van der Waals surface area contributed by atoms with Crippen molar-refractivity contribution in [1.29, 1.82) is 0 Å². The van der Waals surface area contributed by atoms with Crippen LogP contribution in [0.1, 0.15) is 58.8 Å². The van der Waals surface area contributed by atoms with Gasteiger partial charge >= 0.3 is 0 Å². The molecule has 18 heavy (non-hydrogen) atoms. The van der Waals surface area contributed by atoms with Crippen LogP contribution in [-0.2, 0) is 0 Å². The molecule has 1 saturated carbocycles. The second-order valence-corrected chi connectivity index (χ2v) is 7.35. The molecule has 2 nitrogen and oxygen atoms in total. The maximum Gasteiger partial charge on any atom is 0.0125 e. The molecule has 0 aromatic rings. The van der Waals surface area contributed by atoms with Crippen molar-refractivity contribution in [1.82, 2.24) is 10.2 Å². The first-order valence-corrected chi connectivity index (χ1v) is 8.11. The van der Waals surface area contributed by atoms with E-state index in [1.165, 1.54) is 44.9 Å². The van der Waals surface area contributed by atoms with E-state index in [1.807, 2.05) is 0 Å². The van der Waals surface area contributed by atoms with Crippen LogP contribution in [0.3, 0.4) is 0 Å². The van der Waals surface area contributed by atoms with E-state index < -0.39 is 0 Å². The van der Waals surface area contributed by atoms with Crippen LogP contribution in [0.25, 0.3) is 0 Å². The molecule has 0 amide bonds. The highest BCUT2D eigenvalue weighted by Gasteiger charge is 2.38. The second-order valence-electron chi connectivity index (χ2n) is 7.35. The van der Waals surface area contributed by atoms with Gasteiger partial charge < -0.3 is 10.2 Å². The fraction of sp³-hybridized carbons (Fsp3) is 1.00. The van der Waals surface area contributed by atoms with Gasteiger partial charge in [-0.25, -0.2) is 0 Å². The van der Waals surface area contributed by atoms with E-state index in [0.29, 0.717) is 0 Å². The topological polar surface area (TPSA) is 15.3 Å². The Kier molecular flexibility index (Phi) is 3.68. The lowest BCUT2D eigenvalue weighted by atomic mass is 9.78. The summed E-state index contributed by atoms with van der Waals surface area (Å²) in [4.78, 5) is 2.76. The van der Waals surface area contributed by atoms with Crippen LogP contribution in [0.15, 0.2) is 0 Å². The van der Waals surface area contributed by atoms with Crippen LogP contribution in [-0.4, -0.2) is 36.1 Å². The lowest BCUT2D eigenvalue weighted by molar-refractivity contribution is 0.0721. The number of rotatable bonds is 2. The zero-order chi connectivity index (χ0) is 12.7. The van der Waals surface area contributed by atoms with Gasteiger partial charge in [0.15, 0.2) is 0 Å². The fourth-order valence-corrected chi connectivity index (χ4v) is 4.55. The highest BCUT2D eigenvalue weighted by molar-refractivity contribution is 4.96. The normalized spacial score (nSPS) is 48.7. The number of nitrogens with one attached hydrogen (secondary N) is 1. The third kappa shape index (κ3) is 2.46. The van der Waals surface area contributed by atoms with Crippen LogP contribution in [0, 0.1) is 11.8 Å². The molecule has 0 aromatic carbocycles. The molecule has 5 atom stereocenters. The number of nitrogens with zero attached hydrogens (tertiary/aromatic N) is 1. The first kappa shape index (κ1) is 12.9. The maximum absolute atomic E-state index is 3.77. The zero-order valence-corrected chi connectivity index (χ0v) is 12.4. The van der Waals surface area contributed by atoms with Gasteiger partial charge in [-0.05, 0) is 63.8 Å². The van der Waals surface area contributed by atoms with Crippen LogP contribution in [0.2, 0.25) is 0 Å². The van der Waals surface area contributed by atoms with E-state index in [2.05, 4.69) is 31.1 Å². The molecule has 2 heterocycles. The molecule has 3 fully saturated rings. The van der Waals surface area contributed by atoms with Gasteiger partial charge in [-0.1, -0.05) is 13.8 Å². The third-order valence-electron chi connectivity index (χ3n) is 6.17. The number of hydrogen-bond donors (Lipinski definition) is 1. The van der Waals surface area contributed by atoms with Crippen molar-refractivity contribution in [3.63, 3.8) is 0 Å².